The second-order valence-electron chi connectivity index (χ2n) is 9.28. The molecule has 0 saturated carbocycles. The molecule has 1 aromatic heterocycles. The first-order valence-corrected chi connectivity index (χ1v) is 12.4. The third-order valence-electron chi connectivity index (χ3n) is 6.98. The topological polar surface area (TPSA) is 118 Å². The monoisotopic (exact) mass is 521 g/mol. The minimum Gasteiger partial charge on any atom is -0.456 e. The molecule has 1 saturated heterocycles. The predicted octanol–water partition coefficient (Wildman–Crippen LogP) is 6.48. The molecule has 10 heteroatoms. The number of fused-ring (bicyclic) bond motifs is 3. The van der Waals surface area contributed by atoms with E-state index >= 15 is 0 Å². The fourth-order valence-electron chi connectivity index (χ4n) is 4.98. The van der Waals surface area contributed by atoms with Gasteiger partial charge in [0.05, 0.1) is 15.5 Å². The molecule has 10 nitrogen and oxygen atoms in total. The van der Waals surface area contributed by atoms with E-state index < -0.39 is 9.85 Å². The maximum atomic E-state index is 11.5. The summed E-state index contributed by atoms with van der Waals surface area (Å²) in [7, 11) is 0. The van der Waals surface area contributed by atoms with E-state index in [0.29, 0.717) is 37.4 Å². The quantitative estimate of drug-likeness (QED) is 0.143. The number of furan rings is 1. The number of piperazine rings is 1. The normalized spacial score (nSPS) is 13.9. The number of anilines is 2. The molecule has 0 unspecified atom stereocenters. The molecule has 0 atom stereocenters. The van der Waals surface area contributed by atoms with Gasteiger partial charge in [-0.05, 0) is 36.4 Å². The first-order chi connectivity index (χ1) is 19.0. The van der Waals surface area contributed by atoms with Gasteiger partial charge in [0, 0.05) is 90.4 Å². The summed E-state index contributed by atoms with van der Waals surface area (Å²) in [6.07, 6.45) is 1.66. The number of aliphatic imine (C=N–C) groups is 1. The van der Waals surface area contributed by atoms with E-state index in [1.165, 1.54) is 18.2 Å². The second kappa shape index (κ2) is 9.90. The molecule has 1 fully saturated rings. The lowest BCUT2D eigenvalue weighted by Gasteiger charge is -2.37. The van der Waals surface area contributed by atoms with Gasteiger partial charge in [0.2, 0.25) is 0 Å². The van der Waals surface area contributed by atoms with E-state index in [1.807, 2.05) is 42.5 Å². The van der Waals surface area contributed by atoms with Crippen LogP contribution >= 0.6 is 0 Å². The number of hydrogen-bond acceptors (Lipinski definition) is 8. The van der Waals surface area contributed by atoms with Gasteiger partial charge in [-0.25, -0.2) is 0 Å². The number of nitrogens with zero attached hydrogens (tertiary/aromatic N) is 5. The number of benzene rings is 4. The van der Waals surface area contributed by atoms with Crippen LogP contribution in [0, 0.1) is 20.2 Å². The Bertz CT molecular complexity index is 1740. The average molecular weight is 522 g/mol. The van der Waals surface area contributed by atoms with Crippen molar-refractivity contribution in [1.29, 1.82) is 0 Å². The first-order valence-electron chi connectivity index (χ1n) is 12.4. The molecule has 0 radical (unpaired) electrons. The fraction of sp³-hybridized carbons (Fsp3) is 0.138. The van der Waals surface area contributed by atoms with Crippen molar-refractivity contribution in [2.24, 2.45) is 4.99 Å². The highest BCUT2D eigenvalue weighted by atomic mass is 16.6. The molecule has 0 bridgehead atoms. The van der Waals surface area contributed by atoms with Gasteiger partial charge in [0.1, 0.15) is 11.2 Å². The zero-order valence-electron chi connectivity index (χ0n) is 20.8. The van der Waals surface area contributed by atoms with Gasteiger partial charge < -0.3 is 14.2 Å². The standard InChI is InChI=1S/C29H23N5O5/c35-33(36)23-8-6-22(7-9-23)31-13-15-32(16-14-31)27-12-10-24(34(37)38)17-20(27)19-30-21-5-11-26-25-3-1-2-4-28(25)39-29(26)18-21/h1-12,17-19H,13-16H2. The molecule has 39 heavy (non-hydrogen) atoms. The summed E-state index contributed by atoms with van der Waals surface area (Å²) < 4.78 is 5.97. The maximum absolute atomic E-state index is 11.5. The molecule has 2 heterocycles. The van der Waals surface area contributed by atoms with Crippen LogP contribution in [-0.4, -0.2) is 42.2 Å². The molecule has 1 aliphatic rings. The van der Waals surface area contributed by atoms with Gasteiger partial charge in [0.15, 0.2) is 0 Å². The summed E-state index contributed by atoms with van der Waals surface area (Å²) in [5, 5.41) is 24.5. The lowest BCUT2D eigenvalue weighted by Crippen LogP contribution is -2.46. The fourth-order valence-corrected chi connectivity index (χ4v) is 4.98. The van der Waals surface area contributed by atoms with Gasteiger partial charge in [-0.3, -0.25) is 25.2 Å². The highest BCUT2D eigenvalue weighted by Crippen LogP contribution is 2.32. The number of non-ortho nitro benzene ring substituents is 2. The Labute approximate surface area is 222 Å². The maximum Gasteiger partial charge on any atom is 0.270 e. The zero-order valence-corrected chi connectivity index (χ0v) is 20.8. The van der Waals surface area contributed by atoms with Crippen molar-refractivity contribution < 1.29 is 14.3 Å². The van der Waals surface area contributed by atoms with Crippen molar-refractivity contribution >= 4 is 56.6 Å². The molecule has 4 aromatic carbocycles. The second-order valence-corrected chi connectivity index (χ2v) is 9.28. The number of hydrogen-bond donors (Lipinski definition) is 0. The number of nitro groups is 2. The Kier molecular flexibility index (Phi) is 6.12. The molecule has 6 rings (SSSR count). The van der Waals surface area contributed by atoms with E-state index in [2.05, 4.69) is 14.8 Å². The van der Waals surface area contributed by atoms with Crippen molar-refractivity contribution in [3.63, 3.8) is 0 Å². The lowest BCUT2D eigenvalue weighted by molar-refractivity contribution is -0.385. The Morgan fingerprint density at radius 1 is 0.718 bits per heavy atom. The van der Waals surface area contributed by atoms with Crippen LogP contribution < -0.4 is 9.80 Å². The molecule has 0 aliphatic carbocycles. The molecule has 0 N–H and O–H groups in total. The molecular formula is C29H23N5O5. The Hall–Kier alpha value is -5.25. The zero-order chi connectivity index (χ0) is 26.9. The van der Waals surface area contributed by atoms with Crippen LogP contribution in [0.25, 0.3) is 21.9 Å². The minimum atomic E-state index is -0.409. The molecule has 0 amide bonds. The van der Waals surface area contributed by atoms with Gasteiger partial charge in [0.25, 0.3) is 11.4 Å². The smallest absolute Gasteiger partial charge is 0.270 e. The third-order valence-corrected chi connectivity index (χ3v) is 6.98. The summed E-state index contributed by atoms with van der Waals surface area (Å²) in [5.74, 6) is 0. The summed E-state index contributed by atoms with van der Waals surface area (Å²) in [4.78, 5) is 30.6. The van der Waals surface area contributed by atoms with Crippen LogP contribution in [-0.2, 0) is 0 Å². The van der Waals surface area contributed by atoms with Crippen LogP contribution in [0.3, 0.4) is 0 Å². The van der Waals surface area contributed by atoms with Crippen LogP contribution in [0.5, 0.6) is 0 Å². The van der Waals surface area contributed by atoms with E-state index in [1.54, 1.807) is 30.5 Å². The number of nitro benzene ring substituents is 2. The van der Waals surface area contributed by atoms with E-state index in [-0.39, 0.29) is 11.4 Å². The molecule has 5 aromatic rings. The Balaban J connectivity index is 1.25. The van der Waals surface area contributed by atoms with Crippen LogP contribution in [0.1, 0.15) is 5.56 Å². The highest BCUT2D eigenvalue weighted by Gasteiger charge is 2.21. The summed E-state index contributed by atoms with van der Waals surface area (Å²) in [5.41, 5.74) is 4.71. The molecular weight excluding hydrogens is 498 g/mol. The SMILES string of the molecule is O=[N+]([O-])c1ccc(N2CCN(c3ccc([N+](=O)[O-])cc3C=Nc3ccc4c(c3)oc3ccccc34)CC2)cc1. The number of rotatable bonds is 6. The lowest BCUT2D eigenvalue weighted by atomic mass is 10.1. The van der Waals surface area contributed by atoms with Crippen LogP contribution in [0.2, 0.25) is 0 Å². The van der Waals surface area contributed by atoms with Crippen molar-refractivity contribution in [1.82, 2.24) is 0 Å². The summed E-state index contributed by atoms with van der Waals surface area (Å²) in [6.45, 7) is 2.77. The Morgan fingerprint density at radius 3 is 2.13 bits per heavy atom. The Morgan fingerprint density at radius 2 is 1.38 bits per heavy atom. The summed E-state index contributed by atoms with van der Waals surface area (Å²) in [6, 6.07) is 24.9. The largest absolute Gasteiger partial charge is 0.456 e. The number of para-hydroxylation sites is 1. The highest BCUT2D eigenvalue weighted by molar-refractivity contribution is 6.05. The van der Waals surface area contributed by atoms with Gasteiger partial charge in [-0.2, -0.15) is 0 Å². The third kappa shape index (κ3) is 4.75. The predicted molar refractivity (Wildman–Crippen MR) is 152 cm³/mol. The van der Waals surface area contributed by atoms with E-state index in [4.69, 9.17) is 4.42 Å². The van der Waals surface area contributed by atoms with E-state index in [9.17, 15) is 20.2 Å². The molecule has 194 valence electrons. The first kappa shape index (κ1) is 24.1. The summed E-state index contributed by atoms with van der Waals surface area (Å²) >= 11 is 0. The van der Waals surface area contributed by atoms with Gasteiger partial charge >= 0.3 is 0 Å². The van der Waals surface area contributed by atoms with Crippen molar-refractivity contribution in [2.45, 2.75) is 0 Å². The van der Waals surface area contributed by atoms with Crippen molar-refractivity contribution in [3.8, 4) is 0 Å². The van der Waals surface area contributed by atoms with Crippen molar-refractivity contribution in [3.05, 3.63) is 111 Å². The molecule has 0 spiro atoms. The van der Waals surface area contributed by atoms with Gasteiger partial charge in [-0.1, -0.05) is 18.2 Å². The van der Waals surface area contributed by atoms with Crippen molar-refractivity contribution in [2.75, 3.05) is 36.0 Å². The van der Waals surface area contributed by atoms with Crippen LogP contribution in [0.4, 0.5) is 28.4 Å². The van der Waals surface area contributed by atoms with Crippen LogP contribution in [0.15, 0.2) is 94.3 Å². The van der Waals surface area contributed by atoms with Gasteiger partial charge in [-0.15, -0.1) is 0 Å². The van der Waals surface area contributed by atoms with E-state index in [0.717, 1.165) is 33.3 Å². The molecule has 1 aliphatic heterocycles. The average Bonchev–Trinajstić information content (AvgIpc) is 3.34. The minimum absolute atomic E-state index is 0.00236.